The number of rotatable bonds is 2. The van der Waals surface area contributed by atoms with Crippen molar-refractivity contribution in [2.75, 3.05) is 7.11 Å². The minimum Gasteiger partial charge on any atom is -0.504 e. The van der Waals surface area contributed by atoms with Crippen LogP contribution in [0.3, 0.4) is 0 Å². The number of thioether (sulfide) groups is 1. The van der Waals surface area contributed by atoms with E-state index < -0.39 is 16.8 Å². The molecule has 2 aliphatic rings. The second-order valence-electron chi connectivity index (χ2n) is 4.34. The molecule has 88 valence electrons. The zero-order valence-electron chi connectivity index (χ0n) is 9.26. The number of nitrogens with zero attached hydrogens (tertiary/aromatic N) is 1. The third-order valence-electron chi connectivity index (χ3n) is 2.83. The summed E-state index contributed by atoms with van der Waals surface area (Å²) in [5.74, 6) is -1.19. The van der Waals surface area contributed by atoms with E-state index in [-0.39, 0.29) is 11.3 Å². The standard InChI is InChI=1S/C10H13NO4S/c1-10(2)6(9(13)14)11-7(12)5(4-15-3)8(11)16-10/h4,6,8H,1-3H3,(H,13,14)/b5-4+/t6-,8+/m0/s1. The summed E-state index contributed by atoms with van der Waals surface area (Å²) in [5, 5.41) is 8.97. The Kier molecular flexibility index (Phi) is 2.41. The number of β-lactam (4-membered cyclic amide) rings is 1. The summed E-state index contributed by atoms with van der Waals surface area (Å²) in [4.78, 5) is 24.3. The molecule has 2 rings (SSSR count). The Bertz CT molecular complexity index is 390. The monoisotopic (exact) mass is 243 g/mol. The average molecular weight is 243 g/mol. The van der Waals surface area contributed by atoms with E-state index in [1.54, 1.807) is 0 Å². The van der Waals surface area contributed by atoms with Crippen LogP contribution in [0.1, 0.15) is 13.8 Å². The zero-order valence-corrected chi connectivity index (χ0v) is 10.1. The molecule has 2 atom stereocenters. The number of carboxylic acid groups (broad SMARTS) is 1. The number of fused-ring (bicyclic) bond motifs is 1. The fourth-order valence-corrected chi connectivity index (χ4v) is 3.69. The van der Waals surface area contributed by atoms with Crippen LogP contribution in [0.15, 0.2) is 11.8 Å². The molecule has 1 N–H and O–H groups in total. The molecule has 0 aromatic heterocycles. The van der Waals surface area contributed by atoms with E-state index in [1.807, 2.05) is 13.8 Å². The molecule has 1 amide bonds. The second kappa shape index (κ2) is 3.41. The third kappa shape index (κ3) is 1.32. The zero-order chi connectivity index (χ0) is 12.1. The van der Waals surface area contributed by atoms with Crippen LogP contribution in [-0.2, 0) is 14.3 Å². The van der Waals surface area contributed by atoms with Crippen molar-refractivity contribution in [3.05, 3.63) is 11.8 Å². The first-order chi connectivity index (χ1) is 7.40. The van der Waals surface area contributed by atoms with Gasteiger partial charge in [-0.1, -0.05) is 0 Å². The summed E-state index contributed by atoms with van der Waals surface area (Å²) in [6.07, 6.45) is 1.40. The lowest BCUT2D eigenvalue weighted by molar-refractivity contribution is -0.152. The van der Waals surface area contributed by atoms with Gasteiger partial charge in [0, 0.05) is 4.75 Å². The van der Waals surface area contributed by atoms with Crippen LogP contribution in [-0.4, -0.2) is 45.2 Å². The highest BCUT2D eigenvalue weighted by Gasteiger charge is 2.61. The first-order valence-corrected chi connectivity index (χ1v) is 5.74. The van der Waals surface area contributed by atoms with Crippen LogP contribution in [0.2, 0.25) is 0 Å². The van der Waals surface area contributed by atoms with Crippen molar-refractivity contribution >= 4 is 23.6 Å². The highest BCUT2D eigenvalue weighted by Crippen LogP contribution is 2.52. The Labute approximate surface area is 97.4 Å². The number of aliphatic carboxylic acids is 1. The Morgan fingerprint density at radius 1 is 1.62 bits per heavy atom. The van der Waals surface area contributed by atoms with Crippen molar-refractivity contribution in [3.8, 4) is 0 Å². The minimum atomic E-state index is -0.954. The maximum absolute atomic E-state index is 11.7. The van der Waals surface area contributed by atoms with Crippen molar-refractivity contribution in [2.24, 2.45) is 0 Å². The summed E-state index contributed by atoms with van der Waals surface area (Å²) < 4.78 is 4.34. The topological polar surface area (TPSA) is 66.8 Å². The molecular formula is C10H13NO4S. The first-order valence-electron chi connectivity index (χ1n) is 4.86. The number of methoxy groups -OCH3 is 1. The van der Waals surface area contributed by atoms with Crippen molar-refractivity contribution < 1.29 is 19.4 Å². The normalized spacial score (nSPS) is 33.6. The van der Waals surface area contributed by atoms with Gasteiger partial charge in [0.15, 0.2) is 0 Å². The first kappa shape index (κ1) is 11.3. The fraction of sp³-hybridized carbons (Fsp3) is 0.600. The number of hydrogen-bond donors (Lipinski definition) is 1. The average Bonchev–Trinajstić information content (AvgIpc) is 2.43. The van der Waals surface area contributed by atoms with Crippen LogP contribution < -0.4 is 0 Å². The molecular weight excluding hydrogens is 230 g/mol. The Balaban J connectivity index is 2.32. The summed E-state index contributed by atoms with van der Waals surface area (Å²) in [6, 6.07) is -0.760. The maximum Gasteiger partial charge on any atom is 0.327 e. The maximum atomic E-state index is 11.7. The van der Waals surface area contributed by atoms with Crippen LogP contribution in [0, 0.1) is 0 Å². The lowest BCUT2D eigenvalue weighted by atomic mass is 9.96. The highest BCUT2D eigenvalue weighted by molar-refractivity contribution is 8.01. The van der Waals surface area contributed by atoms with Crippen LogP contribution in [0.5, 0.6) is 0 Å². The largest absolute Gasteiger partial charge is 0.504 e. The second-order valence-corrected chi connectivity index (χ2v) is 6.07. The Morgan fingerprint density at radius 3 is 2.75 bits per heavy atom. The van der Waals surface area contributed by atoms with Crippen molar-refractivity contribution in [3.63, 3.8) is 0 Å². The molecule has 0 aromatic carbocycles. The molecule has 0 bridgehead atoms. The van der Waals surface area contributed by atoms with Crippen molar-refractivity contribution in [1.29, 1.82) is 0 Å². The molecule has 0 aromatic rings. The summed E-state index contributed by atoms with van der Waals surface area (Å²) in [6.45, 7) is 3.68. The van der Waals surface area contributed by atoms with E-state index in [0.717, 1.165) is 0 Å². The predicted molar refractivity (Wildman–Crippen MR) is 58.8 cm³/mol. The molecule has 2 saturated heterocycles. The minimum absolute atomic E-state index is 0.177. The van der Waals surface area contributed by atoms with E-state index in [2.05, 4.69) is 0 Å². The SMILES string of the molecule is CO/C=C1\C(=O)N2[C@@H]1SC(C)(C)[C@@H]2C(=O)O. The van der Waals surface area contributed by atoms with Gasteiger partial charge in [0.2, 0.25) is 0 Å². The third-order valence-corrected chi connectivity index (χ3v) is 4.37. The van der Waals surface area contributed by atoms with E-state index >= 15 is 0 Å². The van der Waals surface area contributed by atoms with E-state index in [1.165, 1.54) is 30.0 Å². The summed E-state index contributed by atoms with van der Waals surface area (Å²) in [5.41, 5.74) is 0.546. The van der Waals surface area contributed by atoms with E-state index in [4.69, 9.17) is 9.84 Å². The number of amides is 1. The number of carbonyl (C=O) groups is 2. The summed E-state index contributed by atoms with van der Waals surface area (Å²) >= 11 is 1.48. The summed E-state index contributed by atoms with van der Waals surface area (Å²) in [7, 11) is 1.47. The van der Waals surface area contributed by atoms with E-state index in [9.17, 15) is 9.59 Å². The Morgan fingerprint density at radius 2 is 2.25 bits per heavy atom. The van der Waals surface area contributed by atoms with Crippen molar-refractivity contribution in [2.45, 2.75) is 30.0 Å². The quantitative estimate of drug-likeness (QED) is 0.438. The van der Waals surface area contributed by atoms with Gasteiger partial charge in [0.05, 0.1) is 18.9 Å². The number of hydrogen-bond acceptors (Lipinski definition) is 4. The van der Waals surface area contributed by atoms with Crippen LogP contribution in [0.25, 0.3) is 0 Å². The van der Waals surface area contributed by atoms with Gasteiger partial charge in [-0.25, -0.2) is 4.79 Å². The van der Waals surface area contributed by atoms with Crippen LogP contribution >= 0.6 is 11.8 Å². The smallest absolute Gasteiger partial charge is 0.327 e. The van der Waals surface area contributed by atoms with Gasteiger partial charge in [0.25, 0.3) is 5.91 Å². The van der Waals surface area contributed by atoms with Gasteiger partial charge in [0.1, 0.15) is 11.4 Å². The van der Waals surface area contributed by atoms with Gasteiger partial charge in [-0.3, -0.25) is 4.79 Å². The van der Waals surface area contributed by atoms with Crippen LogP contribution in [0.4, 0.5) is 0 Å². The van der Waals surface area contributed by atoms with Gasteiger partial charge in [-0.05, 0) is 13.8 Å². The van der Waals surface area contributed by atoms with Gasteiger partial charge in [-0.15, -0.1) is 11.8 Å². The lowest BCUT2D eigenvalue weighted by Crippen LogP contribution is -2.58. The predicted octanol–water partition coefficient (Wildman–Crippen LogP) is 0.664. The molecule has 0 radical (unpaired) electrons. The van der Waals surface area contributed by atoms with Gasteiger partial charge in [-0.2, -0.15) is 0 Å². The number of carbonyl (C=O) groups excluding carboxylic acids is 1. The number of ether oxygens (including phenoxy) is 1. The molecule has 0 spiro atoms. The van der Waals surface area contributed by atoms with E-state index in [0.29, 0.717) is 5.57 Å². The molecule has 0 unspecified atom stereocenters. The lowest BCUT2D eigenvalue weighted by Gasteiger charge is -2.38. The van der Waals surface area contributed by atoms with Gasteiger partial charge >= 0.3 is 5.97 Å². The molecule has 2 heterocycles. The number of carboxylic acids is 1. The fourth-order valence-electron chi connectivity index (χ4n) is 2.16. The Hall–Kier alpha value is -1.17. The van der Waals surface area contributed by atoms with Crippen molar-refractivity contribution in [1.82, 2.24) is 4.90 Å². The highest BCUT2D eigenvalue weighted by atomic mass is 32.2. The molecule has 6 heteroatoms. The van der Waals surface area contributed by atoms with Gasteiger partial charge < -0.3 is 14.7 Å². The molecule has 16 heavy (non-hydrogen) atoms. The molecule has 2 fully saturated rings. The molecule has 0 aliphatic carbocycles. The molecule has 2 aliphatic heterocycles. The molecule has 5 nitrogen and oxygen atoms in total. The molecule has 0 saturated carbocycles.